The number of nitrogens with one attached hydrogen (secondary N) is 1. The van der Waals surface area contributed by atoms with E-state index in [0.717, 1.165) is 58.9 Å². The van der Waals surface area contributed by atoms with Crippen molar-refractivity contribution in [2.75, 3.05) is 38.1 Å². The zero-order valence-electron chi connectivity index (χ0n) is 21.7. The molecule has 0 aliphatic carbocycles. The van der Waals surface area contributed by atoms with Gasteiger partial charge in [-0.15, -0.1) is 0 Å². The van der Waals surface area contributed by atoms with Crippen molar-refractivity contribution in [2.45, 2.75) is 25.9 Å². The number of ether oxygens (including phenoxy) is 1. The number of hydrogen-bond donors (Lipinski definition) is 2. The molecular weight excluding hydrogens is 476 g/mol. The van der Waals surface area contributed by atoms with Crippen LogP contribution < -0.4 is 10.1 Å². The molecule has 0 saturated carbocycles. The molecule has 0 radical (unpaired) electrons. The van der Waals surface area contributed by atoms with Crippen LogP contribution in [0.5, 0.6) is 5.75 Å². The van der Waals surface area contributed by atoms with Crippen molar-refractivity contribution in [3.8, 4) is 5.75 Å². The van der Waals surface area contributed by atoms with Gasteiger partial charge in [-0.3, -0.25) is 19.6 Å². The van der Waals surface area contributed by atoms with Gasteiger partial charge in [0.1, 0.15) is 18.4 Å². The highest BCUT2D eigenvalue weighted by molar-refractivity contribution is 5.93. The number of hydrogen-bond acceptors (Lipinski definition) is 6. The first-order valence-corrected chi connectivity index (χ1v) is 13.1. The lowest BCUT2D eigenvalue weighted by Gasteiger charge is -2.26. The number of benzene rings is 3. The van der Waals surface area contributed by atoms with Gasteiger partial charge in [-0.2, -0.15) is 0 Å². The molecule has 1 unspecified atom stereocenters. The van der Waals surface area contributed by atoms with Crippen LogP contribution in [0.1, 0.15) is 17.7 Å². The number of carbonyl (C=O) groups is 1. The monoisotopic (exact) mass is 510 g/mol. The molecule has 1 saturated heterocycles. The molecule has 5 rings (SSSR count). The molecule has 1 aliphatic rings. The van der Waals surface area contributed by atoms with Crippen LogP contribution in [0.15, 0.2) is 84.9 Å². The van der Waals surface area contributed by atoms with Gasteiger partial charge in [0, 0.05) is 61.2 Å². The highest BCUT2D eigenvalue weighted by Crippen LogP contribution is 2.28. The van der Waals surface area contributed by atoms with Crippen molar-refractivity contribution in [3.05, 3.63) is 96.2 Å². The smallest absolute Gasteiger partial charge is 0.320 e. The maximum absolute atomic E-state index is 12.0. The number of aliphatic carboxylic acids is 1. The quantitative estimate of drug-likeness (QED) is 0.315. The number of anilines is 2. The van der Waals surface area contributed by atoms with E-state index in [2.05, 4.69) is 44.4 Å². The SMILES string of the molecule is Cc1cc(Nc2cccc(OCCN3CCC(C(=O)O)N(Cc4ccccc4)CC3)c2)c2ccccc2n1. The lowest BCUT2D eigenvalue weighted by atomic mass is 10.1. The molecule has 2 heterocycles. The third kappa shape index (κ3) is 6.49. The molecule has 1 aromatic heterocycles. The Morgan fingerprint density at radius 1 is 1.00 bits per heavy atom. The number of rotatable bonds is 9. The van der Waals surface area contributed by atoms with Gasteiger partial charge in [0.25, 0.3) is 0 Å². The fourth-order valence-corrected chi connectivity index (χ4v) is 5.06. The minimum absolute atomic E-state index is 0.475. The lowest BCUT2D eigenvalue weighted by molar-refractivity contribution is -0.143. The minimum atomic E-state index is -0.750. The summed E-state index contributed by atoms with van der Waals surface area (Å²) in [5, 5.41) is 14.4. The molecule has 0 bridgehead atoms. The third-order valence-electron chi connectivity index (χ3n) is 7.01. The van der Waals surface area contributed by atoms with E-state index in [4.69, 9.17) is 4.74 Å². The van der Waals surface area contributed by atoms with Gasteiger partial charge < -0.3 is 15.2 Å². The molecule has 2 N–H and O–H groups in total. The Labute approximate surface area is 223 Å². The van der Waals surface area contributed by atoms with E-state index < -0.39 is 12.0 Å². The van der Waals surface area contributed by atoms with Crippen LogP contribution in [0.3, 0.4) is 0 Å². The van der Waals surface area contributed by atoms with Crippen LogP contribution in [0.25, 0.3) is 10.9 Å². The molecule has 1 fully saturated rings. The number of carboxylic acid groups (broad SMARTS) is 1. The zero-order valence-corrected chi connectivity index (χ0v) is 21.7. The largest absolute Gasteiger partial charge is 0.492 e. The van der Waals surface area contributed by atoms with Crippen LogP contribution in [-0.2, 0) is 11.3 Å². The first-order chi connectivity index (χ1) is 18.5. The summed E-state index contributed by atoms with van der Waals surface area (Å²) in [6.45, 7) is 6.20. The maximum Gasteiger partial charge on any atom is 0.320 e. The van der Waals surface area contributed by atoms with Gasteiger partial charge in [-0.25, -0.2) is 0 Å². The molecule has 0 amide bonds. The Morgan fingerprint density at radius 3 is 2.66 bits per heavy atom. The summed E-state index contributed by atoms with van der Waals surface area (Å²) in [6.07, 6.45) is 0.598. The van der Waals surface area contributed by atoms with E-state index in [1.54, 1.807) is 0 Å². The Kier molecular flexibility index (Phi) is 8.16. The number of aryl methyl sites for hydroxylation is 1. The van der Waals surface area contributed by atoms with Crippen molar-refractivity contribution in [1.29, 1.82) is 0 Å². The Morgan fingerprint density at radius 2 is 1.82 bits per heavy atom. The van der Waals surface area contributed by atoms with Gasteiger partial charge in [-0.05, 0) is 43.2 Å². The molecule has 3 aromatic carbocycles. The number of para-hydroxylation sites is 1. The van der Waals surface area contributed by atoms with Crippen LogP contribution in [-0.4, -0.2) is 64.7 Å². The van der Waals surface area contributed by atoms with Crippen molar-refractivity contribution >= 4 is 28.2 Å². The average Bonchev–Trinajstić information content (AvgIpc) is 3.12. The summed E-state index contributed by atoms with van der Waals surface area (Å²) in [4.78, 5) is 21.0. The number of carboxylic acids is 1. The summed E-state index contributed by atoms with van der Waals surface area (Å²) >= 11 is 0. The van der Waals surface area contributed by atoms with Crippen LogP contribution in [0.2, 0.25) is 0 Å². The minimum Gasteiger partial charge on any atom is -0.492 e. The van der Waals surface area contributed by atoms with E-state index >= 15 is 0 Å². The van der Waals surface area contributed by atoms with Gasteiger partial charge in [-0.1, -0.05) is 54.6 Å². The number of aromatic nitrogens is 1. The Hall–Kier alpha value is -3.94. The maximum atomic E-state index is 12.0. The standard InChI is InChI=1S/C31H34N4O3/c1-23-20-29(27-12-5-6-13-28(27)32-23)33-25-10-7-11-26(21-25)38-19-18-34-15-14-30(31(36)37)35(17-16-34)22-24-8-3-2-4-9-24/h2-13,20-21,30H,14-19,22H2,1H3,(H,32,33)(H,36,37). The summed E-state index contributed by atoms with van der Waals surface area (Å²) in [5.41, 5.74) is 5.03. The molecule has 196 valence electrons. The molecule has 38 heavy (non-hydrogen) atoms. The van der Waals surface area contributed by atoms with Crippen LogP contribution in [0, 0.1) is 6.92 Å². The second kappa shape index (κ2) is 12.1. The number of fused-ring (bicyclic) bond motifs is 1. The molecular formula is C31H34N4O3. The summed E-state index contributed by atoms with van der Waals surface area (Å²) in [6, 6.07) is 27.8. The summed E-state index contributed by atoms with van der Waals surface area (Å²) in [5.74, 6) is 0.0505. The molecule has 1 atom stereocenters. The van der Waals surface area contributed by atoms with Gasteiger partial charge in [0.2, 0.25) is 0 Å². The molecule has 1 aliphatic heterocycles. The van der Waals surface area contributed by atoms with Crippen molar-refractivity contribution < 1.29 is 14.6 Å². The van der Waals surface area contributed by atoms with Gasteiger partial charge in [0.15, 0.2) is 0 Å². The predicted octanol–water partition coefficient (Wildman–Crippen LogP) is 5.33. The van der Waals surface area contributed by atoms with E-state index in [1.807, 2.05) is 67.6 Å². The highest BCUT2D eigenvalue weighted by atomic mass is 16.5. The van der Waals surface area contributed by atoms with E-state index in [-0.39, 0.29) is 0 Å². The molecule has 0 spiro atoms. The summed E-state index contributed by atoms with van der Waals surface area (Å²) in [7, 11) is 0. The van der Waals surface area contributed by atoms with Gasteiger partial charge in [0.05, 0.1) is 5.52 Å². The fraction of sp³-hybridized carbons (Fsp3) is 0.290. The first-order valence-electron chi connectivity index (χ1n) is 13.1. The fourth-order valence-electron chi connectivity index (χ4n) is 5.06. The second-order valence-electron chi connectivity index (χ2n) is 9.77. The second-order valence-corrected chi connectivity index (χ2v) is 9.77. The van der Waals surface area contributed by atoms with Crippen molar-refractivity contribution in [3.63, 3.8) is 0 Å². The van der Waals surface area contributed by atoms with Gasteiger partial charge >= 0.3 is 5.97 Å². The van der Waals surface area contributed by atoms with E-state index in [1.165, 1.54) is 0 Å². The van der Waals surface area contributed by atoms with E-state index in [0.29, 0.717) is 26.1 Å². The molecule has 7 heteroatoms. The van der Waals surface area contributed by atoms with Crippen molar-refractivity contribution in [1.82, 2.24) is 14.8 Å². The van der Waals surface area contributed by atoms with Crippen LogP contribution in [0.4, 0.5) is 11.4 Å². The Bertz CT molecular complexity index is 1380. The molecule has 7 nitrogen and oxygen atoms in total. The average molecular weight is 511 g/mol. The normalized spacial score (nSPS) is 16.7. The first kappa shape index (κ1) is 25.7. The topological polar surface area (TPSA) is 77.9 Å². The lowest BCUT2D eigenvalue weighted by Crippen LogP contribution is -2.41. The number of nitrogens with zero attached hydrogens (tertiary/aromatic N) is 3. The third-order valence-corrected chi connectivity index (χ3v) is 7.01. The number of pyridine rings is 1. The van der Waals surface area contributed by atoms with E-state index in [9.17, 15) is 9.90 Å². The summed E-state index contributed by atoms with van der Waals surface area (Å²) < 4.78 is 6.11. The predicted molar refractivity (Wildman–Crippen MR) is 151 cm³/mol. The molecule has 4 aromatic rings. The van der Waals surface area contributed by atoms with Crippen molar-refractivity contribution in [2.24, 2.45) is 0 Å². The van der Waals surface area contributed by atoms with Crippen LogP contribution >= 0.6 is 0 Å². The highest BCUT2D eigenvalue weighted by Gasteiger charge is 2.29. The Balaban J connectivity index is 1.17. The zero-order chi connectivity index (χ0) is 26.3.